The van der Waals surface area contributed by atoms with Gasteiger partial charge in [0.15, 0.2) is 0 Å². The van der Waals surface area contributed by atoms with E-state index in [1.807, 2.05) is 48.0 Å². The van der Waals surface area contributed by atoms with Crippen molar-refractivity contribution in [2.24, 2.45) is 5.92 Å². The molecule has 1 aromatic carbocycles. The van der Waals surface area contributed by atoms with Gasteiger partial charge in [-0.1, -0.05) is 11.6 Å². The van der Waals surface area contributed by atoms with E-state index in [1.54, 1.807) is 0 Å². The molecule has 0 saturated carbocycles. The fourth-order valence-electron chi connectivity index (χ4n) is 4.02. The predicted molar refractivity (Wildman–Crippen MR) is 107 cm³/mol. The highest BCUT2D eigenvalue weighted by Crippen LogP contribution is 2.27. The van der Waals surface area contributed by atoms with Gasteiger partial charge >= 0.3 is 0 Å². The molecule has 3 heterocycles. The van der Waals surface area contributed by atoms with Gasteiger partial charge in [0, 0.05) is 43.1 Å². The summed E-state index contributed by atoms with van der Waals surface area (Å²) in [6.07, 6.45) is 5.87. The van der Waals surface area contributed by atoms with Crippen LogP contribution in [0.15, 0.2) is 36.7 Å². The molecule has 27 heavy (non-hydrogen) atoms. The average molecular weight is 362 g/mol. The molecular formula is C22H26N4O. The van der Waals surface area contributed by atoms with E-state index in [0.29, 0.717) is 5.92 Å². The van der Waals surface area contributed by atoms with E-state index in [0.717, 1.165) is 65.8 Å². The number of likely N-dealkylation sites (tertiary alicyclic amines) is 1. The van der Waals surface area contributed by atoms with Crippen LogP contribution in [-0.2, 0) is 6.54 Å². The minimum atomic E-state index is 0.145. The minimum Gasteiger partial charge on any atom is -0.339 e. The fraction of sp³-hybridized carbons (Fsp3) is 0.409. The van der Waals surface area contributed by atoms with E-state index in [9.17, 15) is 4.79 Å². The van der Waals surface area contributed by atoms with Crippen molar-refractivity contribution < 1.29 is 4.79 Å². The number of pyridine rings is 1. The highest BCUT2D eigenvalue weighted by Gasteiger charge is 2.26. The molecule has 5 nitrogen and oxygen atoms in total. The lowest BCUT2D eigenvalue weighted by atomic mass is 9.94. The van der Waals surface area contributed by atoms with Crippen molar-refractivity contribution in [3.8, 4) is 0 Å². The van der Waals surface area contributed by atoms with E-state index >= 15 is 0 Å². The van der Waals surface area contributed by atoms with Crippen molar-refractivity contribution in [1.82, 2.24) is 19.7 Å². The number of aromatic nitrogens is 3. The number of carbonyl (C=O) groups excluding carboxylic acids is 1. The molecule has 1 amide bonds. The lowest BCUT2D eigenvalue weighted by molar-refractivity contribution is 0.0682. The Kier molecular flexibility index (Phi) is 4.68. The average Bonchev–Trinajstić information content (AvgIpc) is 3.16. The van der Waals surface area contributed by atoms with Crippen LogP contribution in [0.25, 0.3) is 10.9 Å². The quantitative estimate of drug-likeness (QED) is 0.710. The van der Waals surface area contributed by atoms with E-state index in [-0.39, 0.29) is 5.91 Å². The molecule has 5 heteroatoms. The summed E-state index contributed by atoms with van der Waals surface area (Å²) >= 11 is 0. The maximum Gasteiger partial charge on any atom is 0.254 e. The second kappa shape index (κ2) is 7.14. The zero-order valence-electron chi connectivity index (χ0n) is 16.3. The minimum absolute atomic E-state index is 0.145. The zero-order chi connectivity index (χ0) is 19.0. The number of piperidine rings is 1. The van der Waals surface area contributed by atoms with Crippen LogP contribution in [0.2, 0.25) is 0 Å². The third-order valence-electron chi connectivity index (χ3n) is 5.75. The Labute approximate surface area is 160 Å². The molecule has 0 atom stereocenters. The summed E-state index contributed by atoms with van der Waals surface area (Å²) in [5.74, 6) is 0.722. The van der Waals surface area contributed by atoms with Gasteiger partial charge in [0.2, 0.25) is 0 Å². The monoisotopic (exact) mass is 362 g/mol. The standard InChI is InChI=1S/C22H26N4O/c1-15-5-6-20-19(13-15)21(16(2)17(3)24-20)22(27)25-11-7-18(8-12-25)14-26-10-4-9-23-26/h4-6,9-10,13,18H,7-8,11-12,14H2,1-3H3. The number of hydrogen-bond donors (Lipinski definition) is 0. The lowest BCUT2D eigenvalue weighted by Crippen LogP contribution is -2.39. The van der Waals surface area contributed by atoms with E-state index in [2.05, 4.69) is 29.1 Å². The molecule has 140 valence electrons. The molecule has 2 aromatic heterocycles. The summed E-state index contributed by atoms with van der Waals surface area (Å²) in [7, 11) is 0. The Hall–Kier alpha value is -2.69. The number of nitrogens with zero attached hydrogens (tertiary/aromatic N) is 4. The number of amides is 1. The van der Waals surface area contributed by atoms with Crippen LogP contribution in [0.5, 0.6) is 0 Å². The van der Waals surface area contributed by atoms with Gasteiger partial charge in [0.1, 0.15) is 0 Å². The van der Waals surface area contributed by atoms with Gasteiger partial charge < -0.3 is 4.90 Å². The van der Waals surface area contributed by atoms with Crippen molar-refractivity contribution in [3.05, 3.63) is 59.0 Å². The SMILES string of the molecule is Cc1ccc2nc(C)c(C)c(C(=O)N3CCC(Cn4cccn4)CC3)c2c1. The highest BCUT2D eigenvalue weighted by molar-refractivity contribution is 6.07. The van der Waals surface area contributed by atoms with Crippen molar-refractivity contribution >= 4 is 16.8 Å². The molecule has 1 aliphatic rings. The van der Waals surface area contributed by atoms with Gasteiger partial charge in [0.25, 0.3) is 5.91 Å². The molecule has 3 aromatic rings. The van der Waals surface area contributed by atoms with Gasteiger partial charge in [-0.05, 0) is 63.3 Å². The molecule has 1 aliphatic heterocycles. The Bertz CT molecular complexity index is 970. The lowest BCUT2D eigenvalue weighted by Gasteiger charge is -2.32. The molecule has 0 spiro atoms. The smallest absolute Gasteiger partial charge is 0.254 e. The Balaban J connectivity index is 1.57. The van der Waals surface area contributed by atoms with Crippen molar-refractivity contribution in [1.29, 1.82) is 0 Å². The molecular weight excluding hydrogens is 336 g/mol. The molecule has 0 radical (unpaired) electrons. The molecule has 1 fully saturated rings. The van der Waals surface area contributed by atoms with E-state index in [1.165, 1.54) is 0 Å². The number of benzene rings is 1. The van der Waals surface area contributed by atoms with Gasteiger partial charge in [-0.3, -0.25) is 14.5 Å². The first-order valence-corrected chi connectivity index (χ1v) is 9.67. The summed E-state index contributed by atoms with van der Waals surface area (Å²) in [5.41, 5.74) is 4.81. The third kappa shape index (κ3) is 3.46. The largest absolute Gasteiger partial charge is 0.339 e. The normalized spacial score (nSPS) is 15.4. The first kappa shape index (κ1) is 17.7. The van der Waals surface area contributed by atoms with Crippen molar-refractivity contribution in [2.75, 3.05) is 13.1 Å². The van der Waals surface area contributed by atoms with Gasteiger partial charge in [-0.25, -0.2) is 0 Å². The van der Waals surface area contributed by atoms with Crippen LogP contribution in [0, 0.1) is 26.7 Å². The Morgan fingerprint density at radius 2 is 1.96 bits per heavy atom. The second-order valence-electron chi connectivity index (χ2n) is 7.68. The van der Waals surface area contributed by atoms with Crippen LogP contribution in [-0.4, -0.2) is 38.7 Å². The number of carbonyl (C=O) groups is 1. The maximum absolute atomic E-state index is 13.4. The van der Waals surface area contributed by atoms with E-state index < -0.39 is 0 Å². The van der Waals surface area contributed by atoms with Crippen LogP contribution in [0.1, 0.15) is 40.0 Å². The number of hydrogen-bond acceptors (Lipinski definition) is 3. The van der Waals surface area contributed by atoms with Crippen LogP contribution in [0.3, 0.4) is 0 Å². The summed E-state index contributed by atoms with van der Waals surface area (Å²) in [4.78, 5) is 20.1. The molecule has 0 N–H and O–H groups in total. The number of aryl methyl sites for hydroxylation is 2. The van der Waals surface area contributed by atoms with Crippen LogP contribution in [0.4, 0.5) is 0 Å². The fourth-order valence-corrected chi connectivity index (χ4v) is 4.02. The van der Waals surface area contributed by atoms with Gasteiger partial charge in [0.05, 0.1) is 11.1 Å². The predicted octanol–water partition coefficient (Wildman–Crippen LogP) is 3.91. The maximum atomic E-state index is 13.4. The van der Waals surface area contributed by atoms with Crippen LogP contribution >= 0.6 is 0 Å². The number of rotatable bonds is 3. The van der Waals surface area contributed by atoms with Gasteiger partial charge in [-0.2, -0.15) is 5.10 Å². The van der Waals surface area contributed by atoms with E-state index in [4.69, 9.17) is 0 Å². The molecule has 0 bridgehead atoms. The molecule has 4 rings (SSSR count). The van der Waals surface area contributed by atoms with Crippen molar-refractivity contribution in [2.45, 2.75) is 40.2 Å². The second-order valence-corrected chi connectivity index (χ2v) is 7.68. The molecule has 0 unspecified atom stereocenters. The zero-order valence-corrected chi connectivity index (χ0v) is 16.3. The topological polar surface area (TPSA) is 51.0 Å². The first-order valence-electron chi connectivity index (χ1n) is 9.67. The van der Waals surface area contributed by atoms with Crippen molar-refractivity contribution in [3.63, 3.8) is 0 Å². The summed E-state index contributed by atoms with van der Waals surface area (Å²) < 4.78 is 1.99. The summed E-state index contributed by atoms with van der Waals surface area (Å²) in [5, 5.41) is 5.28. The number of fused-ring (bicyclic) bond motifs is 1. The summed E-state index contributed by atoms with van der Waals surface area (Å²) in [6.45, 7) is 8.61. The van der Waals surface area contributed by atoms with Gasteiger partial charge in [-0.15, -0.1) is 0 Å². The summed E-state index contributed by atoms with van der Waals surface area (Å²) in [6, 6.07) is 8.12. The highest BCUT2D eigenvalue weighted by atomic mass is 16.2. The molecule has 1 saturated heterocycles. The first-order chi connectivity index (χ1) is 13.0. The van der Waals surface area contributed by atoms with Crippen LogP contribution < -0.4 is 0 Å². The molecule has 0 aliphatic carbocycles. The Morgan fingerprint density at radius 1 is 1.19 bits per heavy atom. The third-order valence-corrected chi connectivity index (χ3v) is 5.75. The Morgan fingerprint density at radius 3 is 2.67 bits per heavy atom.